The molecule has 0 bridgehead atoms. The van der Waals surface area contributed by atoms with Gasteiger partial charge in [-0.1, -0.05) is 48.0 Å². The summed E-state index contributed by atoms with van der Waals surface area (Å²) in [6, 6.07) is 20.9. The van der Waals surface area contributed by atoms with Crippen LogP contribution in [0.5, 0.6) is 0 Å². The van der Waals surface area contributed by atoms with E-state index < -0.39 is 15.9 Å². The summed E-state index contributed by atoms with van der Waals surface area (Å²) in [7, 11) is -3.79. The summed E-state index contributed by atoms with van der Waals surface area (Å²) in [4.78, 5) is 18.5. The van der Waals surface area contributed by atoms with Crippen LogP contribution < -0.4 is 9.62 Å². The lowest BCUT2D eigenvalue weighted by Gasteiger charge is -2.19. The summed E-state index contributed by atoms with van der Waals surface area (Å²) in [5.74, 6) is -0.421. The van der Waals surface area contributed by atoms with Crippen molar-refractivity contribution in [3.63, 3.8) is 0 Å². The largest absolute Gasteiger partial charge is 0.298 e. The average molecular weight is 510 g/mol. The standard InChI is InChI=1S/C25H20ClN3O3S2/c1-16-23(18-9-11-20(26)12-10-18)27-25(33-16)28-24(30)19-6-4-7-21(15-19)34(31,32)29-14-13-17-5-2-3-8-22(17)29/h2-12,15H,13-14H2,1H3,(H,27,28,30). The highest BCUT2D eigenvalue weighted by atomic mass is 35.5. The number of amides is 1. The number of halogens is 1. The highest BCUT2D eigenvalue weighted by molar-refractivity contribution is 7.92. The molecule has 2 heterocycles. The molecule has 1 aromatic heterocycles. The SMILES string of the molecule is Cc1sc(NC(=O)c2cccc(S(=O)(=O)N3CCc4ccccc43)c2)nc1-c1ccc(Cl)cc1. The summed E-state index contributed by atoms with van der Waals surface area (Å²) >= 11 is 7.33. The molecule has 4 aromatic rings. The molecule has 172 valence electrons. The third kappa shape index (κ3) is 4.20. The van der Waals surface area contributed by atoms with Gasteiger partial charge in [0.25, 0.3) is 15.9 Å². The number of carbonyl (C=O) groups is 1. The Morgan fingerprint density at radius 3 is 2.62 bits per heavy atom. The lowest BCUT2D eigenvalue weighted by molar-refractivity contribution is 0.102. The van der Waals surface area contributed by atoms with Crippen LogP contribution >= 0.6 is 22.9 Å². The summed E-state index contributed by atoms with van der Waals surface area (Å²) in [5, 5.41) is 3.87. The number of aromatic nitrogens is 1. The number of nitrogens with one attached hydrogen (secondary N) is 1. The van der Waals surface area contributed by atoms with Gasteiger partial charge in [-0.2, -0.15) is 0 Å². The molecule has 0 aliphatic carbocycles. The monoisotopic (exact) mass is 509 g/mol. The molecular weight excluding hydrogens is 490 g/mol. The van der Waals surface area contributed by atoms with Crippen LogP contribution in [0, 0.1) is 6.92 Å². The second-order valence-electron chi connectivity index (χ2n) is 7.87. The average Bonchev–Trinajstić information content (AvgIpc) is 3.43. The molecule has 34 heavy (non-hydrogen) atoms. The number of fused-ring (bicyclic) bond motifs is 1. The summed E-state index contributed by atoms with van der Waals surface area (Å²) in [5.41, 5.74) is 3.59. The minimum absolute atomic E-state index is 0.0778. The normalized spacial score (nSPS) is 13.1. The second-order valence-corrected chi connectivity index (χ2v) is 11.4. The van der Waals surface area contributed by atoms with E-state index in [1.54, 1.807) is 30.3 Å². The Morgan fingerprint density at radius 2 is 1.82 bits per heavy atom. The van der Waals surface area contributed by atoms with E-state index in [2.05, 4.69) is 10.3 Å². The van der Waals surface area contributed by atoms with E-state index in [1.165, 1.54) is 27.8 Å². The van der Waals surface area contributed by atoms with Crippen molar-refractivity contribution >= 4 is 49.7 Å². The van der Waals surface area contributed by atoms with Crippen molar-refractivity contribution in [1.82, 2.24) is 4.98 Å². The molecule has 5 rings (SSSR count). The fourth-order valence-corrected chi connectivity index (χ4v) is 6.48. The van der Waals surface area contributed by atoms with Gasteiger partial charge in [-0.25, -0.2) is 13.4 Å². The number of hydrogen-bond donors (Lipinski definition) is 1. The molecule has 6 nitrogen and oxygen atoms in total. The topological polar surface area (TPSA) is 79.4 Å². The molecule has 0 radical (unpaired) electrons. The van der Waals surface area contributed by atoms with Gasteiger partial charge in [0.1, 0.15) is 0 Å². The van der Waals surface area contributed by atoms with E-state index in [0.717, 1.165) is 21.7 Å². The van der Waals surface area contributed by atoms with Crippen LogP contribution in [0.1, 0.15) is 20.8 Å². The van der Waals surface area contributed by atoms with Gasteiger partial charge >= 0.3 is 0 Å². The molecule has 0 spiro atoms. The summed E-state index contributed by atoms with van der Waals surface area (Å²) in [6.07, 6.45) is 0.662. The number of para-hydroxylation sites is 1. The number of sulfonamides is 1. The molecule has 1 amide bonds. The maximum atomic E-state index is 13.3. The molecule has 0 fully saturated rings. The molecule has 1 aliphatic rings. The zero-order valence-corrected chi connectivity index (χ0v) is 20.5. The molecule has 0 saturated heterocycles. The van der Waals surface area contributed by atoms with Crippen LogP contribution in [0.25, 0.3) is 11.3 Å². The van der Waals surface area contributed by atoms with E-state index in [4.69, 9.17) is 11.6 Å². The second kappa shape index (κ2) is 8.87. The Labute approximate surface area is 206 Å². The number of anilines is 2. The van der Waals surface area contributed by atoms with Crippen molar-refractivity contribution in [2.24, 2.45) is 0 Å². The van der Waals surface area contributed by atoms with E-state index >= 15 is 0 Å². The molecule has 0 unspecified atom stereocenters. The number of rotatable bonds is 5. The van der Waals surface area contributed by atoms with Gasteiger partial charge in [-0.3, -0.25) is 14.4 Å². The Balaban J connectivity index is 1.38. The third-order valence-electron chi connectivity index (χ3n) is 5.66. The summed E-state index contributed by atoms with van der Waals surface area (Å²) < 4.78 is 28.1. The smallest absolute Gasteiger partial charge is 0.264 e. The maximum Gasteiger partial charge on any atom is 0.264 e. The number of aryl methyl sites for hydroxylation is 1. The van der Waals surface area contributed by atoms with Gasteiger partial charge < -0.3 is 0 Å². The van der Waals surface area contributed by atoms with E-state index in [-0.39, 0.29) is 10.5 Å². The van der Waals surface area contributed by atoms with Crippen LogP contribution in [0.15, 0.2) is 77.7 Å². The van der Waals surface area contributed by atoms with Crippen LogP contribution in [0.4, 0.5) is 10.8 Å². The summed E-state index contributed by atoms with van der Waals surface area (Å²) in [6.45, 7) is 2.31. The van der Waals surface area contributed by atoms with Gasteiger partial charge in [-0.05, 0) is 55.3 Å². The number of benzene rings is 3. The zero-order chi connectivity index (χ0) is 23.9. The highest BCUT2D eigenvalue weighted by Crippen LogP contribution is 2.34. The van der Waals surface area contributed by atoms with Crippen molar-refractivity contribution < 1.29 is 13.2 Å². The molecule has 1 aliphatic heterocycles. The fraction of sp³-hybridized carbons (Fsp3) is 0.120. The molecule has 3 aromatic carbocycles. The number of carbonyl (C=O) groups excluding carboxylic acids is 1. The van der Waals surface area contributed by atoms with Gasteiger partial charge in [0.05, 0.1) is 16.3 Å². The van der Waals surface area contributed by atoms with Gasteiger partial charge in [-0.15, -0.1) is 11.3 Å². The number of nitrogens with zero attached hydrogens (tertiary/aromatic N) is 2. The van der Waals surface area contributed by atoms with Gasteiger partial charge in [0, 0.05) is 27.6 Å². The maximum absolute atomic E-state index is 13.3. The lowest BCUT2D eigenvalue weighted by Crippen LogP contribution is -2.29. The van der Waals surface area contributed by atoms with Crippen LogP contribution in [0.3, 0.4) is 0 Å². The van der Waals surface area contributed by atoms with E-state index in [1.807, 2.05) is 37.3 Å². The molecule has 9 heteroatoms. The minimum atomic E-state index is -3.79. The predicted molar refractivity (Wildman–Crippen MR) is 136 cm³/mol. The van der Waals surface area contributed by atoms with Crippen molar-refractivity contribution in [1.29, 1.82) is 0 Å². The van der Waals surface area contributed by atoms with Crippen molar-refractivity contribution in [2.75, 3.05) is 16.2 Å². The zero-order valence-electron chi connectivity index (χ0n) is 18.2. The first-order valence-electron chi connectivity index (χ1n) is 10.6. The molecule has 1 N–H and O–H groups in total. The van der Waals surface area contributed by atoms with E-state index in [9.17, 15) is 13.2 Å². The Morgan fingerprint density at radius 1 is 1.06 bits per heavy atom. The van der Waals surface area contributed by atoms with Crippen LogP contribution in [-0.4, -0.2) is 25.9 Å². The van der Waals surface area contributed by atoms with E-state index in [0.29, 0.717) is 28.8 Å². The molecule has 0 atom stereocenters. The fourth-order valence-electron chi connectivity index (χ4n) is 3.98. The predicted octanol–water partition coefficient (Wildman–Crippen LogP) is 5.78. The minimum Gasteiger partial charge on any atom is -0.298 e. The van der Waals surface area contributed by atoms with Crippen molar-refractivity contribution in [2.45, 2.75) is 18.2 Å². The Hall–Kier alpha value is -3.20. The van der Waals surface area contributed by atoms with Crippen LogP contribution in [0.2, 0.25) is 5.02 Å². The first-order valence-corrected chi connectivity index (χ1v) is 13.2. The molecular formula is C25H20ClN3O3S2. The first-order chi connectivity index (χ1) is 16.3. The third-order valence-corrected chi connectivity index (χ3v) is 8.61. The molecule has 0 saturated carbocycles. The Kier molecular flexibility index (Phi) is 5.89. The number of thiazole rings is 1. The highest BCUT2D eigenvalue weighted by Gasteiger charge is 2.31. The Bertz CT molecular complexity index is 1500. The van der Waals surface area contributed by atoms with Crippen molar-refractivity contribution in [3.05, 3.63) is 93.8 Å². The van der Waals surface area contributed by atoms with Gasteiger partial charge in [0.2, 0.25) is 0 Å². The lowest BCUT2D eigenvalue weighted by atomic mass is 10.1. The van der Waals surface area contributed by atoms with Crippen molar-refractivity contribution in [3.8, 4) is 11.3 Å². The number of hydrogen-bond acceptors (Lipinski definition) is 5. The first kappa shape index (κ1) is 22.6. The quantitative estimate of drug-likeness (QED) is 0.370. The van der Waals surface area contributed by atoms with Gasteiger partial charge in [0.15, 0.2) is 5.13 Å². The van der Waals surface area contributed by atoms with Crippen LogP contribution in [-0.2, 0) is 16.4 Å².